The Kier molecular flexibility index (Phi) is 3.20. The van der Waals surface area contributed by atoms with Gasteiger partial charge in [0.1, 0.15) is 0 Å². The monoisotopic (exact) mass is 248 g/mol. The van der Waals surface area contributed by atoms with Gasteiger partial charge in [0.15, 0.2) is 0 Å². The summed E-state index contributed by atoms with van der Waals surface area (Å²) in [7, 11) is 1.69. The van der Waals surface area contributed by atoms with Gasteiger partial charge in [-0.05, 0) is 37.8 Å². The third-order valence-electron chi connectivity index (χ3n) is 4.00. The lowest BCUT2D eigenvalue weighted by atomic mass is 9.83. The van der Waals surface area contributed by atoms with Crippen LogP contribution in [-0.4, -0.2) is 18.2 Å². The number of hydrogen-bond acceptors (Lipinski definition) is 2. The fraction of sp³-hybridized carbons (Fsp3) is 0.533. The molecular weight excluding hydrogens is 228 g/mol. The van der Waals surface area contributed by atoms with Crippen LogP contribution in [0, 0.1) is 0 Å². The van der Waals surface area contributed by atoms with Crippen LogP contribution in [0.4, 0.5) is 0 Å². The molecule has 0 atom stereocenters. The Bertz CT molecular complexity index is 459. The summed E-state index contributed by atoms with van der Waals surface area (Å²) in [6.45, 7) is 4.03. The zero-order valence-electron chi connectivity index (χ0n) is 11.2. The zero-order chi connectivity index (χ0) is 13.4. The van der Waals surface area contributed by atoms with Crippen molar-refractivity contribution in [1.29, 1.82) is 0 Å². The van der Waals surface area contributed by atoms with Gasteiger partial charge in [-0.25, -0.2) is 0 Å². The first kappa shape index (κ1) is 13.1. The quantitative estimate of drug-likeness (QED) is 0.871. The van der Waals surface area contributed by atoms with Crippen LogP contribution in [0.5, 0.6) is 0 Å². The number of methoxy groups -OCH3 is 1. The molecule has 3 nitrogen and oxygen atoms in total. The molecular formula is C15H20O3. The first-order chi connectivity index (χ1) is 8.41. The van der Waals surface area contributed by atoms with Gasteiger partial charge in [-0.1, -0.05) is 24.3 Å². The molecule has 0 aromatic heterocycles. The lowest BCUT2D eigenvalue weighted by Crippen LogP contribution is -2.25. The maximum Gasteiger partial charge on any atom is 0.304 e. The van der Waals surface area contributed by atoms with Crippen LogP contribution < -0.4 is 0 Å². The molecule has 0 radical (unpaired) electrons. The standard InChI is InChI=1S/C15H20O3/c1-14(2,18-3)11-6-4-5-7-12(11)15(8-9-15)10-13(16)17/h4-7H,8-10H2,1-3H3,(H,16,17). The molecule has 0 amide bonds. The Morgan fingerprint density at radius 3 is 2.50 bits per heavy atom. The molecule has 1 aromatic carbocycles. The van der Waals surface area contributed by atoms with Crippen molar-refractivity contribution in [3.05, 3.63) is 35.4 Å². The normalized spacial score (nSPS) is 17.5. The number of carboxylic acid groups (broad SMARTS) is 1. The Labute approximate surface area is 108 Å². The van der Waals surface area contributed by atoms with Crippen molar-refractivity contribution in [2.24, 2.45) is 0 Å². The van der Waals surface area contributed by atoms with Crippen LogP contribution in [0.3, 0.4) is 0 Å². The van der Waals surface area contributed by atoms with Gasteiger partial charge in [-0.2, -0.15) is 0 Å². The molecule has 3 heteroatoms. The first-order valence-electron chi connectivity index (χ1n) is 6.28. The molecule has 1 aliphatic rings. The minimum Gasteiger partial charge on any atom is -0.481 e. The summed E-state index contributed by atoms with van der Waals surface area (Å²) in [4.78, 5) is 11.0. The maximum atomic E-state index is 11.0. The fourth-order valence-electron chi connectivity index (χ4n) is 2.56. The van der Waals surface area contributed by atoms with E-state index < -0.39 is 5.97 Å². The number of hydrogen-bond donors (Lipinski definition) is 1. The lowest BCUT2D eigenvalue weighted by Gasteiger charge is -2.29. The predicted octanol–water partition coefficient (Wildman–Crippen LogP) is 3.07. The molecule has 98 valence electrons. The Morgan fingerprint density at radius 1 is 1.39 bits per heavy atom. The molecule has 0 spiro atoms. The van der Waals surface area contributed by atoms with Crippen LogP contribution in [0.1, 0.15) is 44.2 Å². The van der Waals surface area contributed by atoms with Gasteiger partial charge < -0.3 is 9.84 Å². The minimum absolute atomic E-state index is 0.168. The van der Waals surface area contributed by atoms with Gasteiger partial charge in [-0.15, -0.1) is 0 Å². The van der Waals surface area contributed by atoms with Crippen molar-refractivity contribution in [2.75, 3.05) is 7.11 Å². The third-order valence-corrected chi connectivity index (χ3v) is 4.00. The molecule has 2 rings (SSSR count). The van der Waals surface area contributed by atoms with E-state index >= 15 is 0 Å². The third kappa shape index (κ3) is 2.27. The summed E-state index contributed by atoms with van der Waals surface area (Å²) in [5.74, 6) is -0.725. The summed E-state index contributed by atoms with van der Waals surface area (Å²) < 4.78 is 5.54. The van der Waals surface area contributed by atoms with Crippen molar-refractivity contribution in [3.8, 4) is 0 Å². The van der Waals surface area contributed by atoms with E-state index in [0.717, 1.165) is 24.0 Å². The number of carbonyl (C=O) groups is 1. The Balaban J connectivity index is 2.43. The Morgan fingerprint density at radius 2 is 2.00 bits per heavy atom. The number of ether oxygens (including phenoxy) is 1. The minimum atomic E-state index is -0.725. The van der Waals surface area contributed by atoms with Crippen LogP contribution in [0.15, 0.2) is 24.3 Å². The van der Waals surface area contributed by atoms with Gasteiger partial charge in [0.05, 0.1) is 12.0 Å². The van der Waals surface area contributed by atoms with E-state index in [4.69, 9.17) is 9.84 Å². The van der Waals surface area contributed by atoms with Crippen molar-refractivity contribution in [1.82, 2.24) is 0 Å². The van der Waals surface area contributed by atoms with Gasteiger partial charge in [0.25, 0.3) is 0 Å². The molecule has 1 aliphatic carbocycles. The lowest BCUT2D eigenvalue weighted by molar-refractivity contribution is -0.137. The predicted molar refractivity (Wildman–Crippen MR) is 69.6 cm³/mol. The molecule has 18 heavy (non-hydrogen) atoms. The van der Waals surface area contributed by atoms with E-state index in [9.17, 15) is 4.79 Å². The van der Waals surface area contributed by atoms with E-state index in [0.29, 0.717) is 0 Å². The van der Waals surface area contributed by atoms with Crippen molar-refractivity contribution in [3.63, 3.8) is 0 Å². The van der Waals surface area contributed by atoms with Crippen LogP contribution in [-0.2, 0) is 20.5 Å². The van der Waals surface area contributed by atoms with E-state index in [-0.39, 0.29) is 17.4 Å². The number of aliphatic carboxylic acids is 1. The van der Waals surface area contributed by atoms with Gasteiger partial charge in [-0.3, -0.25) is 4.79 Å². The molecule has 0 unspecified atom stereocenters. The van der Waals surface area contributed by atoms with E-state index in [1.54, 1.807) is 7.11 Å². The topological polar surface area (TPSA) is 46.5 Å². The molecule has 0 bridgehead atoms. The highest BCUT2D eigenvalue weighted by Gasteiger charge is 2.48. The number of benzene rings is 1. The summed E-state index contributed by atoms with van der Waals surface area (Å²) in [5.41, 5.74) is 1.69. The highest BCUT2D eigenvalue weighted by atomic mass is 16.5. The molecule has 1 fully saturated rings. The van der Waals surface area contributed by atoms with E-state index in [2.05, 4.69) is 0 Å². The molecule has 1 aromatic rings. The van der Waals surface area contributed by atoms with E-state index in [1.165, 1.54) is 0 Å². The Hall–Kier alpha value is -1.35. The van der Waals surface area contributed by atoms with Gasteiger partial charge in [0.2, 0.25) is 0 Å². The zero-order valence-corrected chi connectivity index (χ0v) is 11.2. The van der Waals surface area contributed by atoms with Crippen molar-refractivity contribution < 1.29 is 14.6 Å². The van der Waals surface area contributed by atoms with E-state index in [1.807, 2.05) is 38.1 Å². The molecule has 1 saturated carbocycles. The first-order valence-corrected chi connectivity index (χ1v) is 6.28. The summed E-state index contributed by atoms with van der Waals surface area (Å²) >= 11 is 0. The SMILES string of the molecule is COC(C)(C)c1ccccc1C1(CC(=O)O)CC1. The molecule has 0 saturated heterocycles. The van der Waals surface area contributed by atoms with Crippen molar-refractivity contribution in [2.45, 2.75) is 44.1 Å². The average Bonchev–Trinajstić information content (AvgIpc) is 3.09. The second-order valence-electron chi connectivity index (χ2n) is 5.61. The summed E-state index contributed by atoms with van der Waals surface area (Å²) in [5, 5.41) is 9.07. The average molecular weight is 248 g/mol. The van der Waals surface area contributed by atoms with Crippen molar-refractivity contribution >= 4 is 5.97 Å². The van der Waals surface area contributed by atoms with Gasteiger partial charge in [0, 0.05) is 12.5 Å². The second-order valence-corrected chi connectivity index (χ2v) is 5.61. The molecule has 1 N–H and O–H groups in total. The largest absolute Gasteiger partial charge is 0.481 e. The second kappa shape index (κ2) is 4.39. The summed E-state index contributed by atoms with van der Waals surface area (Å²) in [6, 6.07) is 8.05. The highest BCUT2D eigenvalue weighted by molar-refractivity contribution is 5.70. The molecule has 0 aliphatic heterocycles. The fourth-order valence-corrected chi connectivity index (χ4v) is 2.56. The smallest absolute Gasteiger partial charge is 0.304 e. The van der Waals surface area contributed by atoms with Crippen LogP contribution in [0.2, 0.25) is 0 Å². The summed E-state index contributed by atoms with van der Waals surface area (Å²) in [6.07, 6.45) is 2.12. The number of carboxylic acids is 1. The van der Waals surface area contributed by atoms with Gasteiger partial charge >= 0.3 is 5.97 Å². The number of rotatable bonds is 5. The van der Waals surface area contributed by atoms with Crippen LogP contribution >= 0.6 is 0 Å². The maximum absolute atomic E-state index is 11.0. The molecule has 0 heterocycles. The highest BCUT2D eigenvalue weighted by Crippen LogP contribution is 2.53. The van der Waals surface area contributed by atoms with Crippen LogP contribution in [0.25, 0.3) is 0 Å².